The highest BCUT2D eigenvalue weighted by Gasteiger charge is 2.30. The molecular weight excluding hydrogens is 379 g/mol. The van der Waals surface area contributed by atoms with Gasteiger partial charge in [-0.15, -0.1) is 0 Å². The molecule has 1 atom stereocenters. The minimum absolute atomic E-state index is 0.161. The molecule has 0 aliphatic carbocycles. The molecule has 2 aromatic carbocycles. The number of alkyl halides is 1. The fourth-order valence-corrected chi connectivity index (χ4v) is 1.90. The van der Waals surface area contributed by atoms with Crippen molar-refractivity contribution in [2.24, 2.45) is 0 Å². The van der Waals surface area contributed by atoms with E-state index in [2.05, 4.69) is 22.6 Å². The van der Waals surface area contributed by atoms with Crippen LogP contribution < -0.4 is 4.74 Å². The Morgan fingerprint density at radius 1 is 1.24 bits per heavy atom. The highest BCUT2D eigenvalue weighted by Crippen LogP contribution is 2.33. The lowest BCUT2D eigenvalue weighted by molar-refractivity contribution is -0.136. The van der Waals surface area contributed by atoms with Gasteiger partial charge in [0.2, 0.25) is 0 Å². The number of ether oxygens (including phenoxy) is 1. The number of hydrogen-bond donors (Lipinski definition) is 1. The number of carbonyl (C=O) groups excluding carboxylic acids is 1. The van der Waals surface area contributed by atoms with Gasteiger partial charge in [0.15, 0.2) is 0 Å². The number of aromatic hydroxyl groups is 1. The minimum atomic E-state index is -0.553. The van der Waals surface area contributed by atoms with Gasteiger partial charge in [0, 0.05) is 5.56 Å². The molecule has 0 aromatic heterocycles. The van der Waals surface area contributed by atoms with E-state index < -0.39 is 3.42 Å². The molecule has 1 N–H and O–H groups in total. The highest BCUT2D eigenvalue weighted by atomic mass is 127. The van der Waals surface area contributed by atoms with Crippen molar-refractivity contribution in [3.05, 3.63) is 48.5 Å². The zero-order chi connectivity index (χ0) is 15.5. The van der Waals surface area contributed by atoms with Crippen LogP contribution in [0.4, 0.5) is 0 Å². The lowest BCUT2D eigenvalue weighted by atomic mass is 10.0. The molecule has 0 saturated carbocycles. The molecule has 4 heteroatoms. The van der Waals surface area contributed by atoms with Gasteiger partial charge in [-0.2, -0.15) is 0 Å². The zero-order valence-electron chi connectivity index (χ0n) is 12.0. The van der Waals surface area contributed by atoms with Gasteiger partial charge in [-0.3, -0.25) is 4.79 Å². The van der Waals surface area contributed by atoms with Gasteiger partial charge in [-0.25, -0.2) is 0 Å². The molecule has 0 heterocycles. The maximum atomic E-state index is 12.1. The molecule has 0 radical (unpaired) electrons. The Labute approximate surface area is 138 Å². The van der Waals surface area contributed by atoms with Gasteiger partial charge in [0.05, 0.1) is 0 Å². The van der Waals surface area contributed by atoms with E-state index in [0.29, 0.717) is 17.7 Å². The van der Waals surface area contributed by atoms with Crippen LogP contribution in [0.15, 0.2) is 48.5 Å². The third kappa shape index (κ3) is 3.75. The maximum Gasteiger partial charge on any atom is 0.327 e. The second-order valence-corrected chi connectivity index (χ2v) is 7.37. The lowest BCUT2D eigenvalue weighted by Crippen LogP contribution is -2.31. The second-order valence-electron chi connectivity index (χ2n) is 4.99. The molecule has 0 saturated heterocycles. The van der Waals surface area contributed by atoms with E-state index in [9.17, 15) is 9.90 Å². The van der Waals surface area contributed by atoms with Gasteiger partial charge in [-0.1, -0.05) is 59.8 Å². The van der Waals surface area contributed by atoms with Crippen molar-refractivity contribution in [2.75, 3.05) is 0 Å². The molecule has 0 bridgehead atoms. The molecule has 0 spiro atoms. The van der Waals surface area contributed by atoms with Gasteiger partial charge < -0.3 is 9.84 Å². The summed E-state index contributed by atoms with van der Waals surface area (Å²) in [6.07, 6.45) is 0.690. The fourth-order valence-electron chi connectivity index (χ4n) is 1.79. The van der Waals surface area contributed by atoms with Crippen LogP contribution >= 0.6 is 22.6 Å². The Hall–Kier alpha value is -1.56. The summed E-state index contributed by atoms with van der Waals surface area (Å²) < 4.78 is 4.88. The topological polar surface area (TPSA) is 46.5 Å². The molecule has 21 heavy (non-hydrogen) atoms. The Balaban J connectivity index is 2.30. The third-order valence-electron chi connectivity index (χ3n) is 3.35. The fraction of sp³-hybridized carbons (Fsp3) is 0.235. The standard InChI is InChI=1S/C17H17IO3/c1-3-17(2,18)16(20)21-13-9-10-15(19)14(11-13)12-7-5-4-6-8-12/h4-11,19H,3H2,1-2H3. The average molecular weight is 396 g/mol. The van der Waals surface area contributed by atoms with Crippen molar-refractivity contribution in [1.82, 2.24) is 0 Å². The van der Waals surface area contributed by atoms with Crippen molar-refractivity contribution >= 4 is 28.6 Å². The normalized spacial score (nSPS) is 13.5. The average Bonchev–Trinajstić information content (AvgIpc) is 2.50. The summed E-state index contributed by atoms with van der Waals surface area (Å²) in [7, 11) is 0. The van der Waals surface area contributed by atoms with Crippen molar-refractivity contribution in [3.63, 3.8) is 0 Å². The first-order valence-electron chi connectivity index (χ1n) is 6.73. The molecule has 0 aliphatic heterocycles. The van der Waals surface area contributed by atoms with E-state index in [-0.39, 0.29) is 11.7 Å². The number of benzene rings is 2. The van der Waals surface area contributed by atoms with Crippen LogP contribution in [0.1, 0.15) is 20.3 Å². The van der Waals surface area contributed by atoms with Crippen molar-refractivity contribution in [1.29, 1.82) is 0 Å². The predicted octanol–water partition coefficient (Wildman–Crippen LogP) is 4.57. The summed E-state index contributed by atoms with van der Waals surface area (Å²) in [6.45, 7) is 3.79. The van der Waals surface area contributed by atoms with Crippen LogP contribution in [0, 0.1) is 0 Å². The quantitative estimate of drug-likeness (QED) is 0.357. The molecule has 0 fully saturated rings. The van der Waals surface area contributed by atoms with Crippen LogP contribution in [0.5, 0.6) is 11.5 Å². The molecule has 110 valence electrons. The summed E-state index contributed by atoms with van der Waals surface area (Å²) in [5.74, 6) is 0.317. The molecule has 2 aromatic rings. The summed E-state index contributed by atoms with van der Waals surface area (Å²) >= 11 is 2.10. The number of esters is 1. The lowest BCUT2D eigenvalue weighted by Gasteiger charge is -2.18. The molecule has 1 unspecified atom stereocenters. The first-order chi connectivity index (χ1) is 9.94. The zero-order valence-corrected chi connectivity index (χ0v) is 14.1. The molecule has 3 nitrogen and oxygen atoms in total. The van der Waals surface area contributed by atoms with Gasteiger partial charge >= 0.3 is 5.97 Å². The van der Waals surface area contributed by atoms with Crippen molar-refractivity contribution < 1.29 is 14.6 Å². The van der Waals surface area contributed by atoms with Crippen molar-refractivity contribution in [2.45, 2.75) is 23.7 Å². The first-order valence-corrected chi connectivity index (χ1v) is 7.81. The van der Waals surface area contributed by atoms with Gasteiger partial charge in [0.25, 0.3) is 0 Å². The summed E-state index contributed by atoms with van der Waals surface area (Å²) in [6, 6.07) is 14.3. The van der Waals surface area contributed by atoms with E-state index >= 15 is 0 Å². The SMILES string of the molecule is CCC(C)(I)C(=O)Oc1ccc(O)c(-c2ccccc2)c1. The van der Waals surface area contributed by atoms with E-state index in [1.165, 1.54) is 0 Å². The van der Waals surface area contributed by atoms with Crippen LogP contribution in [0.25, 0.3) is 11.1 Å². The van der Waals surface area contributed by atoms with E-state index in [1.807, 2.05) is 44.2 Å². The Bertz CT molecular complexity index is 636. The smallest absolute Gasteiger partial charge is 0.327 e. The number of phenols is 1. The van der Waals surface area contributed by atoms with Crippen LogP contribution in [0.2, 0.25) is 0 Å². The molecule has 0 aliphatic rings. The van der Waals surface area contributed by atoms with Crippen LogP contribution in [0.3, 0.4) is 0 Å². The number of halogens is 1. The highest BCUT2D eigenvalue weighted by molar-refractivity contribution is 14.1. The predicted molar refractivity (Wildman–Crippen MR) is 91.9 cm³/mol. The van der Waals surface area contributed by atoms with Gasteiger partial charge in [-0.05, 0) is 37.1 Å². The van der Waals surface area contributed by atoms with Gasteiger partial charge in [0.1, 0.15) is 14.9 Å². The summed E-state index contributed by atoms with van der Waals surface area (Å²) in [5, 5.41) is 9.99. The Morgan fingerprint density at radius 3 is 2.52 bits per heavy atom. The van der Waals surface area contributed by atoms with E-state index in [4.69, 9.17) is 4.74 Å². The Kier molecular flexibility index (Phi) is 4.88. The largest absolute Gasteiger partial charge is 0.507 e. The van der Waals surface area contributed by atoms with Crippen LogP contribution in [-0.2, 0) is 4.79 Å². The number of hydrogen-bond acceptors (Lipinski definition) is 3. The van der Waals surface area contributed by atoms with Crippen LogP contribution in [-0.4, -0.2) is 14.5 Å². The number of carbonyl (C=O) groups is 1. The second kappa shape index (κ2) is 6.47. The summed E-state index contributed by atoms with van der Waals surface area (Å²) in [5.41, 5.74) is 1.52. The summed E-state index contributed by atoms with van der Waals surface area (Å²) in [4.78, 5) is 12.1. The van der Waals surface area contributed by atoms with E-state index in [0.717, 1.165) is 5.56 Å². The first kappa shape index (κ1) is 15.8. The van der Waals surface area contributed by atoms with E-state index in [1.54, 1.807) is 18.2 Å². The number of phenolic OH excluding ortho intramolecular Hbond substituents is 1. The number of rotatable bonds is 4. The molecule has 2 rings (SSSR count). The maximum absolute atomic E-state index is 12.1. The monoisotopic (exact) mass is 396 g/mol. The molecule has 0 amide bonds. The Morgan fingerprint density at radius 2 is 1.90 bits per heavy atom. The minimum Gasteiger partial charge on any atom is -0.507 e. The van der Waals surface area contributed by atoms with Crippen molar-refractivity contribution in [3.8, 4) is 22.6 Å². The molecular formula is C17H17IO3. The third-order valence-corrected chi connectivity index (χ3v) is 4.56.